The molecule has 3 saturated heterocycles. The molecule has 0 aromatic heterocycles. The van der Waals surface area contributed by atoms with Crippen LogP contribution in [0, 0.1) is 17.3 Å². The van der Waals surface area contributed by atoms with Crippen molar-refractivity contribution in [1.29, 1.82) is 0 Å². The van der Waals surface area contributed by atoms with Crippen LogP contribution in [0.2, 0.25) is 5.02 Å². The van der Waals surface area contributed by atoms with Crippen LogP contribution in [0.4, 0.5) is 4.79 Å². The average molecular weight is 572 g/mol. The molecule has 0 N–H and O–H groups in total. The van der Waals surface area contributed by atoms with E-state index in [2.05, 4.69) is 56.6 Å². The van der Waals surface area contributed by atoms with E-state index in [9.17, 15) is 9.59 Å². The molecule has 3 heterocycles. The average Bonchev–Trinajstić information content (AvgIpc) is 3.20. The number of cyclic esters (lactones) is 1. The van der Waals surface area contributed by atoms with Gasteiger partial charge in [0.05, 0.1) is 5.54 Å². The van der Waals surface area contributed by atoms with E-state index in [1.165, 1.54) is 37.7 Å². The van der Waals surface area contributed by atoms with Crippen LogP contribution in [0.3, 0.4) is 0 Å². The summed E-state index contributed by atoms with van der Waals surface area (Å²) in [4.78, 5) is 33.7. The highest BCUT2D eigenvalue weighted by Gasteiger charge is 2.50. The highest BCUT2D eigenvalue weighted by Crippen LogP contribution is 2.48. The molecule has 5 rings (SSSR count). The SMILES string of the molecule is CC(C)(C)N1CCC(C(=O)N2CCC(CN3C(=O)OCC3(C)C)(C3CCCCC3)CC2)C(c2ccc(Cl)cc2)C1. The van der Waals surface area contributed by atoms with Gasteiger partial charge in [-0.05, 0) is 102 Å². The number of amides is 2. The number of likely N-dealkylation sites (tertiary alicyclic amines) is 2. The summed E-state index contributed by atoms with van der Waals surface area (Å²) in [5.74, 6) is 1.06. The first-order chi connectivity index (χ1) is 18.9. The maximum absolute atomic E-state index is 14.2. The smallest absolute Gasteiger partial charge is 0.410 e. The van der Waals surface area contributed by atoms with Crippen molar-refractivity contribution in [3.63, 3.8) is 0 Å². The van der Waals surface area contributed by atoms with Crippen LogP contribution < -0.4 is 0 Å². The number of benzene rings is 1. The van der Waals surface area contributed by atoms with Gasteiger partial charge < -0.3 is 9.64 Å². The van der Waals surface area contributed by atoms with Gasteiger partial charge in [0, 0.05) is 48.6 Å². The molecule has 7 heteroatoms. The van der Waals surface area contributed by atoms with Gasteiger partial charge in [-0.25, -0.2) is 4.79 Å². The number of ether oxygens (including phenoxy) is 1. The Labute approximate surface area is 246 Å². The van der Waals surface area contributed by atoms with E-state index in [1.54, 1.807) is 0 Å². The molecule has 0 spiro atoms. The molecule has 2 unspecified atom stereocenters. The van der Waals surface area contributed by atoms with Crippen molar-refractivity contribution in [2.75, 3.05) is 39.3 Å². The zero-order valence-electron chi connectivity index (χ0n) is 25.4. The molecule has 40 heavy (non-hydrogen) atoms. The summed E-state index contributed by atoms with van der Waals surface area (Å²) in [5, 5.41) is 0.732. The molecule has 4 aliphatic rings. The second-order valence-corrected chi connectivity index (χ2v) is 15.1. The molecule has 1 saturated carbocycles. The van der Waals surface area contributed by atoms with Gasteiger partial charge in [0.15, 0.2) is 0 Å². The van der Waals surface area contributed by atoms with Gasteiger partial charge in [-0.3, -0.25) is 14.6 Å². The van der Waals surface area contributed by atoms with Crippen LogP contribution in [0.5, 0.6) is 0 Å². The third-order valence-electron chi connectivity index (χ3n) is 10.7. The minimum Gasteiger partial charge on any atom is -0.447 e. The molecule has 222 valence electrons. The second kappa shape index (κ2) is 11.5. The third kappa shape index (κ3) is 6.04. The van der Waals surface area contributed by atoms with Gasteiger partial charge in [0.1, 0.15) is 6.61 Å². The van der Waals surface area contributed by atoms with Crippen molar-refractivity contribution < 1.29 is 14.3 Å². The van der Waals surface area contributed by atoms with Crippen LogP contribution in [-0.4, -0.2) is 77.1 Å². The van der Waals surface area contributed by atoms with E-state index in [-0.39, 0.29) is 34.4 Å². The summed E-state index contributed by atoms with van der Waals surface area (Å²) in [5.41, 5.74) is 1.05. The number of piperidine rings is 2. The predicted octanol–water partition coefficient (Wildman–Crippen LogP) is 6.96. The molecule has 1 aliphatic carbocycles. The molecular formula is C33H50ClN3O3. The number of hydrogen-bond acceptors (Lipinski definition) is 4. The Hall–Kier alpha value is -1.79. The number of carbonyl (C=O) groups excluding carboxylic acids is 2. The molecule has 4 fully saturated rings. The highest BCUT2D eigenvalue weighted by molar-refractivity contribution is 6.30. The fourth-order valence-electron chi connectivity index (χ4n) is 7.96. The Kier molecular flexibility index (Phi) is 8.52. The topological polar surface area (TPSA) is 53.1 Å². The molecule has 2 amide bonds. The lowest BCUT2D eigenvalue weighted by Crippen LogP contribution is -2.57. The molecule has 1 aromatic rings. The van der Waals surface area contributed by atoms with Gasteiger partial charge in [0.2, 0.25) is 5.91 Å². The van der Waals surface area contributed by atoms with Crippen LogP contribution in [0.15, 0.2) is 24.3 Å². The highest BCUT2D eigenvalue weighted by atomic mass is 35.5. The molecule has 2 atom stereocenters. The lowest BCUT2D eigenvalue weighted by molar-refractivity contribution is -0.142. The van der Waals surface area contributed by atoms with Crippen LogP contribution in [0.25, 0.3) is 0 Å². The Balaban J connectivity index is 1.34. The Morgan fingerprint density at radius 3 is 2.23 bits per heavy atom. The Morgan fingerprint density at radius 1 is 1.00 bits per heavy atom. The Bertz CT molecular complexity index is 1050. The van der Waals surface area contributed by atoms with Crippen molar-refractivity contribution in [3.8, 4) is 0 Å². The zero-order valence-corrected chi connectivity index (χ0v) is 26.1. The second-order valence-electron chi connectivity index (χ2n) is 14.6. The van der Waals surface area contributed by atoms with Gasteiger partial charge in [0.25, 0.3) is 0 Å². The fourth-order valence-corrected chi connectivity index (χ4v) is 8.08. The largest absolute Gasteiger partial charge is 0.447 e. The minimum absolute atomic E-state index is 0.0190. The van der Waals surface area contributed by atoms with Crippen LogP contribution in [-0.2, 0) is 9.53 Å². The molecule has 0 radical (unpaired) electrons. The van der Waals surface area contributed by atoms with E-state index in [0.29, 0.717) is 18.4 Å². The molecule has 3 aliphatic heterocycles. The lowest BCUT2D eigenvalue weighted by Gasteiger charge is -2.51. The summed E-state index contributed by atoms with van der Waals surface area (Å²) in [6.45, 7) is 15.6. The summed E-state index contributed by atoms with van der Waals surface area (Å²) >= 11 is 6.23. The summed E-state index contributed by atoms with van der Waals surface area (Å²) < 4.78 is 5.50. The van der Waals surface area contributed by atoms with Crippen molar-refractivity contribution >= 4 is 23.6 Å². The number of halogens is 1. The molecule has 1 aromatic carbocycles. The minimum atomic E-state index is -0.279. The van der Waals surface area contributed by atoms with Crippen molar-refractivity contribution in [1.82, 2.24) is 14.7 Å². The number of hydrogen-bond donors (Lipinski definition) is 0. The quantitative estimate of drug-likeness (QED) is 0.383. The van der Waals surface area contributed by atoms with Crippen molar-refractivity contribution in [2.24, 2.45) is 17.3 Å². The van der Waals surface area contributed by atoms with E-state index in [1.807, 2.05) is 17.0 Å². The maximum Gasteiger partial charge on any atom is 0.410 e. The first-order valence-electron chi connectivity index (χ1n) is 15.6. The van der Waals surface area contributed by atoms with E-state index in [4.69, 9.17) is 16.3 Å². The number of carbonyl (C=O) groups is 2. The maximum atomic E-state index is 14.2. The monoisotopic (exact) mass is 571 g/mol. The van der Waals surface area contributed by atoms with Gasteiger partial charge >= 0.3 is 6.09 Å². The van der Waals surface area contributed by atoms with Crippen molar-refractivity contribution in [2.45, 2.75) is 103 Å². The number of nitrogens with zero attached hydrogens (tertiary/aromatic N) is 3. The first-order valence-corrected chi connectivity index (χ1v) is 16.0. The zero-order chi connectivity index (χ0) is 28.7. The van der Waals surface area contributed by atoms with Gasteiger partial charge in [-0.2, -0.15) is 0 Å². The van der Waals surface area contributed by atoms with Gasteiger partial charge in [-0.1, -0.05) is 43.0 Å². The fraction of sp³-hybridized carbons (Fsp3) is 0.758. The molecule has 0 bridgehead atoms. The van der Waals surface area contributed by atoms with Crippen LogP contribution >= 0.6 is 11.6 Å². The lowest BCUT2D eigenvalue weighted by atomic mass is 9.63. The van der Waals surface area contributed by atoms with E-state index in [0.717, 1.165) is 57.0 Å². The first kappa shape index (κ1) is 29.7. The summed E-state index contributed by atoms with van der Waals surface area (Å²) in [7, 11) is 0. The Morgan fingerprint density at radius 2 is 1.65 bits per heavy atom. The molecule has 6 nitrogen and oxygen atoms in total. The predicted molar refractivity (Wildman–Crippen MR) is 161 cm³/mol. The van der Waals surface area contributed by atoms with Crippen molar-refractivity contribution in [3.05, 3.63) is 34.9 Å². The normalized spacial score (nSPS) is 28.0. The molecular weight excluding hydrogens is 522 g/mol. The third-order valence-corrected chi connectivity index (χ3v) is 10.9. The van der Waals surface area contributed by atoms with E-state index < -0.39 is 0 Å². The summed E-state index contributed by atoms with van der Waals surface area (Å²) in [6.07, 6.45) is 8.98. The standard InChI is InChI=1S/C33H50ClN3O3/c1-31(2,3)36-18-15-27(28(21-36)24-11-13-26(34)14-12-24)29(38)35-19-16-33(17-20-35,25-9-7-6-8-10-25)22-37-30(39)40-23-32(37,4)5/h11-14,25,27-28H,6-10,15-23H2,1-5H3. The summed E-state index contributed by atoms with van der Waals surface area (Å²) in [6, 6.07) is 8.14. The van der Waals surface area contributed by atoms with Gasteiger partial charge in [-0.15, -0.1) is 0 Å². The number of rotatable bonds is 5. The van der Waals surface area contributed by atoms with E-state index >= 15 is 0 Å². The van der Waals surface area contributed by atoms with Crippen LogP contribution in [0.1, 0.15) is 97.5 Å².